The topological polar surface area (TPSA) is 67.9 Å². The molecule has 6 nitrogen and oxygen atoms in total. The third-order valence-corrected chi connectivity index (χ3v) is 7.03. The van der Waals surface area contributed by atoms with Crippen LogP contribution in [-0.4, -0.2) is 49.3 Å². The Labute approximate surface area is 169 Å². The van der Waals surface area contributed by atoms with E-state index in [-0.39, 0.29) is 17.2 Å². The zero-order valence-electron chi connectivity index (χ0n) is 16.3. The number of allylic oxidation sites excluding steroid dienone is 1. The smallest absolute Gasteiger partial charge is 0.260 e. The SMILES string of the molecule is COc1ccc2c(c1OC)C(=O)N1[C@@H](C(=O)NCCC3=CCCCC3)CS[C@H]21. The Morgan fingerprint density at radius 1 is 1.29 bits per heavy atom. The minimum absolute atomic E-state index is 0.0708. The molecular formula is C21H26N2O4S. The van der Waals surface area contributed by atoms with E-state index >= 15 is 0 Å². The van der Waals surface area contributed by atoms with Crippen LogP contribution < -0.4 is 14.8 Å². The molecule has 1 fully saturated rings. The van der Waals surface area contributed by atoms with Gasteiger partial charge in [-0.3, -0.25) is 9.59 Å². The van der Waals surface area contributed by atoms with Gasteiger partial charge in [-0.15, -0.1) is 11.8 Å². The lowest BCUT2D eigenvalue weighted by molar-refractivity contribution is -0.124. The van der Waals surface area contributed by atoms with E-state index in [0.717, 1.165) is 24.8 Å². The van der Waals surface area contributed by atoms with Crippen molar-refractivity contribution in [1.29, 1.82) is 0 Å². The molecule has 4 rings (SSSR count). The van der Waals surface area contributed by atoms with E-state index in [1.165, 1.54) is 25.5 Å². The Morgan fingerprint density at radius 2 is 2.14 bits per heavy atom. The zero-order chi connectivity index (χ0) is 19.7. The summed E-state index contributed by atoms with van der Waals surface area (Å²) in [5.74, 6) is 1.36. The number of nitrogens with zero attached hydrogens (tertiary/aromatic N) is 1. The lowest BCUT2D eigenvalue weighted by atomic mass is 9.97. The highest BCUT2D eigenvalue weighted by Crippen LogP contribution is 2.52. The molecule has 1 saturated heterocycles. The normalized spacial score (nSPS) is 23.1. The van der Waals surface area contributed by atoms with Crippen molar-refractivity contribution in [2.75, 3.05) is 26.5 Å². The standard InChI is InChI=1S/C21H26N2O4S/c1-26-16-9-8-14-17(18(16)27-2)20(25)23-15(12-28-21(14)23)19(24)22-11-10-13-6-4-3-5-7-13/h6,8-9,15,21H,3-5,7,10-12H2,1-2H3,(H,22,24)/t15-,21-/m1/s1. The van der Waals surface area contributed by atoms with E-state index in [4.69, 9.17) is 9.47 Å². The van der Waals surface area contributed by atoms with Crippen molar-refractivity contribution in [2.45, 2.75) is 43.5 Å². The van der Waals surface area contributed by atoms with Gasteiger partial charge in [0.05, 0.1) is 19.8 Å². The van der Waals surface area contributed by atoms with Crippen molar-refractivity contribution in [3.63, 3.8) is 0 Å². The number of thioether (sulfide) groups is 1. The molecule has 1 aromatic rings. The van der Waals surface area contributed by atoms with Gasteiger partial charge in [-0.1, -0.05) is 17.7 Å². The van der Waals surface area contributed by atoms with Gasteiger partial charge in [0.25, 0.3) is 5.91 Å². The van der Waals surface area contributed by atoms with Crippen LogP contribution in [0.25, 0.3) is 0 Å². The molecule has 150 valence electrons. The molecule has 0 saturated carbocycles. The van der Waals surface area contributed by atoms with Crippen molar-refractivity contribution in [3.8, 4) is 11.5 Å². The van der Waals surface area contributed by atoms with Gasteiger partial charge in [0.15, 0.2) is 11.5 Å². The van der Waals surface area contributed by atoms with Crippen LogP contribution >= 0.6 is 11.8 Å². The monoisotopic (exact) mass is 402 g/mol. The molecule has 0 unspecified atom stereocenters. The Balaban J connectivity index is 1.46. The first-order valence-corrected chi connectivity index (χ1v) is 10.8. The average molecular weight is 403 g/mol. The summed E-state index contributed by atoms with van der Waals surface area (Å²) in [6, 6.07) is 3.27. The van der Waals surface area contributed by atoms with Crippen LogP contribution in [0.5, 0.6) is 11.5 Å². The van der Waals surface area contributed by atoms with Gasteiger partial charge in [-0.2, -0.15) is 0 Å². The molecule has 2 aliphatic heterocycles. The van der Waals surface area contributed by atoms with E-state index < -0.39 is 6.04 Å². The number of benzene rings is 1. The third kappa shape index (κ3) is 3.26. The minimum atomic E-state index is -0.453. The second kappa shape index (κ2) is 8.07. The van der Waals surface area contributed by atoms with E-state index in [9.17, 15) is 9.59 Å². The second-order valence-electron chi connectivity index (χ2n) is 7.33. The maximum absolute atomic E-state index is 13.1. The van der Waals surface area contributed by atoms with Crippen molar-refractivity contribution >= 4 is 23.6 Å². The number of carbonyl (C=O) groups is 2. The molecule has 2 heterocycles. The van der Waals surface area contributed by atoms with Crippen LogP contribution in [0.3, 0.4) is 0 Å². The summed E-state index contributed by atoms with van der Waals surface area (Å²) in [7, 11) is 3.09. The molecule has 0 radical (unpaired) electrons. The molecule has 7 heteroatoms. The molecule has 0 spiro atoms. The van der Waals surface area contributed by atoms with Crippen LogP contribution in [0.15, 0.2) is 23.8 Å². The van der Waals surface area contributed by atoms with Crippen LogP contribution in [0, 0.1) is 0 Å². The summed E-state index contributed by atoms with van der Waals surface area (Å²) in [4.78, 5) is 27.7. The summed E-state index contributed by atoms with van der Waals surface area (Å²) in [6.45, 7) is 0.628. The fraction of sp³-hybridized carbons (Fsp3) is 0.524. The highest BCUT2D eigenvalue weighted by molar-refractivity contribution is 7.99. The van der Waals surface area contributed by atoms with Gasteiger partial charge in [0.1, 0.15) is 11.4 Å². The quantitative estimate of drug-likeness (QED) is 0.740. The van der Waals surface area contributed by atoms with Crippen molar-refractivity contribution in [3.05, 3.63) is 34.9 Å². The fourth-order valence-electron chi connectivity index (χ4n) is 4.29. The number of amides is 2. The minimum Gasteiger partial charge on any atom is -0.493 e. The fourth-order valence-corrected chi connectivity index (χ4v) is 5.75. The first-order chi connectivity index (χ1) is 13.7. The molecular weight excluding hydrogens is 376 g/mol. The van der Waals surface area contributed by atoms with Gasteiger partial charge >= 0.3 is 0 Å². The summed E-state index contributed by atoms with van der Waals surface area (Å²) < 4.78 is 10.8. The summed E-state index contributed by atoms with van der Waals surface area (Å²) >= 11 is 1.63. The number of hydrogen-bond acceptors (Lipinski definition) is 5. The van der Waals surface area contributed by atoms with Crippen LogP contribution in [-0.2, 0) is 4.79 Å². The van der Waals surface area contributed by atoms with Gasteiger partial charge in [-0.25, -0.2) is 0 Å². The first-order valence-electron chi connectivity index (χ1n) is 9.80. The molecule has 0 bridgehead atoms. The first kappa shape index (κ1) is 19.2. The molecule has 1 aromatic carbocycles. The summed E-state index contributed by atoms with van der Waals surface area (Å²) in [5, 5.41) is 2.90. The summed E-state index contributed by atoms with van der Waals surface area (Å²) in [5.41, 5.74) is 2.85. The average Bonchev–Trinajstić information content (AvgIpc) is 3.28. The van der Waals surface area contributed by atoms with E-state index in [1.54, 1.807) is 23.8 Å². The molecule has 1 N–H and O–H groups in total. The number of carbonyl (C=O) groups excluding carboxylic acids is 2. The molecule has 2 amide bonds. The van der Waals surface area contributed by atoms with Crippen LogP contribution in [0.1, 0.15) is 53.4 Å². The third-order valence-electron chi connectivity index (χ3n) is 5.73. The maximum atomic E-state index is 13.1. The highest BCUT2D eigenvalue weighted by Gasteiger charge is 2.50. The Morgan fingerprint density at radius 3 is 2.86 bits per heavy atom. The molecule has 3 aliphatic rings. The van der Waals surface area contributed by atoms with Gasteiger partial charge in [0, 0.05) is 17.9 Å². The highest BCUT2D eigenvalue weighted by atomic mass is 32.2. The molecule has 1 aliphatic carbocycles. The van der Waals surface area contributed by atoms with Crippen LogP contribution in [0.4, 0.5) is 0 Å². The lowest BCUT2D eigenvalue weighted by Crippen LogP contribution is -2.46. The van der Waals surface area contributed by atoms with Crippen molar-refractivity contribution in [1.82, 2.24) is 10.2 Å². The predicted octanol–water partition coefficient (Wildman–Crippen LogP) is 3.28. The summed E-state index contributed by atoms with van der Waals surface area (Å²) in [6.07, 6.45) is 8.00. The van der Waals surface area contributed by atoms with Crippen molar-refractivity contribution < 1.29 is 19.1 Å². The Kier molecular flexibility index (Phi) is 5.53. The maximum Gasteiger partial charge on any atom is 0.260 e. The number of nitrogens with one attached hydrogen (secondary N) is 1. The predicted molar refractivity (Wildman–Crippen MR) is 109 cm³/mol. The molecule has 0 aromatic heterocycles. The van der Waals surface area contributed by atoms with E-state index in [1.807, 2.05) is 12.1 Å². The Hall–Kier alpha value is -2.15. The number of ether oxygens (including phenoxy) is 2. The van der Waals surface area contributed by atoms with Gasteiger partial charge in [0.2, 0.25) is 5.91 Å². The lowest BCUT2D eigenvalue weighted by Gasteiger charge is -2.23. The van der Waals surface area contributed by atoms with E-state index in [2.05, 4.69) is 11.4 Å². The second-order valence-corrected chi connectivity index (χ2v) is 8.44. The van der Waals surface area contributed by atoms with E-state index in [0.29, 0.717) is 29.4 Å². The number of rotatable bonds is 6. The molecule has 2 atom stereocenters. The Bertz CT molecular complexity index is 823. The molecule has 28 heavy (non-hydrogen) atoms. The number of methoxy groups -OCH3 is 2. The largest absolute Gasteiger partial charge is 0.493 e. The number of fused-ring (bicyclic) bond motifs is 3. The van der Waals surface area contributed by atoms with Gasteiger partial charge in [-0.05, 0) is 38.2 Å². The number of hydrogen-bond donors (Lipinski definition) is 1. The zero-order valence-corrected chi connectivity index (χ0v) is 17.1. The van der Waals surface area contributed by atoms with Crippen LogP contribution in [0.2, 0.25) is 0 Å². The van der Waals surface area contributed by atoms with Crippen molar-refractivity contribution in [2.24, 2.45) is 0 Å². The van der Waals surface area contributed by atoms with Gasteiger partial charge < -0.3 is 19.7 Å².